The van der Waals surface area contributed by atoms with E-state index >= 15 is 0 Å². The molecule has 0 saturated heterocycles. The second-order valence-electron chi connectivity index (χ2n) is 7.93. The molecule has 0 atom stereocenters. The summed E-state index contributed by atoms with van der Waals surface area (Å²) in [6.45, 7) is 3.93. The average Bonchev–Trinajstić information content (AvgIpc) is 2.81. The van der Waals surface area contributed by atoms with Gasteiger partial charge < -0.3 is 10.2 Å². The minimum Gasteiger partial charge on any atom is -0.507 e. The quantitative estimate of drug-likeness (QED) is 0.227. The van der Waals surface area contributed by atoms with E-state index in [1.165, 1.54) is 12.1 Å². The van der Waals surface area contributed by atoms with Crippen molar-refractivity contribution in [1.29, 1.82) is 0 Å². The number of allylic oxidation sites excluding steroid dienone is 1. The highest BCUT2D eigenvalue weighted by molar-refractivity contribution is 9.10. The number of phenols is 2. The van der Waals surface area contributed by atoms with Gasteiger partial charge in [-0.25, -0.2) is 8.42 Å². The molecule has 5 nitrogen and oxygen atoms in total. The number of fused-ring (bicyclic) bond motifs is 1. The number of hydrogen-bond acceptors (Lipinski definition) is 4. The van der Waals surface area contributed by atoms with Crippen molar-refractivity contribution in [3.8, 4) is 22.6 Å². The van der Waals surface area contributed by atoms with E-state index in [4.69, 9.17) is 0 Å². The van der Waals surface area contributed by atoms with Crippen LogP contribution in [0.25, 0.3) is 28.0 Å². The van der Waals surface area contributed by atoms with E-state index in [-0.39, 0.29) is 16.4 Å². The first-order valence-electron chi connectivity index (χ1n) is 10.8. The van der Waals surface area contributed by atoms with Gasteiger partial charge in [0, 0.05) is 26.4 Å². The maximum Gasteiger partial charge on any atom is 0.261 e. The molecule has 0 amide bonds. The summed E-state index contributed by atoms with van der Waals surface area (Å²) in [4.78, 5) is 0.102. The van der Waals surface area contributed by atoms with Crippen LogP contribution in [0, 0.1) is 6.92 Å². The van der Waals surface area contributed by atoms with Crippen molar-refractivity contribution in [2.45, 2.75) is 25.2 Å². The standard InChI is InChI=1S/C27H24BrNO4S/c1-3-4-10-20-17(2)13-14-25(30)26(20)23-16-24(21-11-5-6-12-22(21)27(23)31)29-34(32,33)19-9-7-8-18(28)15-19/h4-16,29-31H,3H2,1-2H3/b10-4-. The number of anilines is 1. The number of phenolic OH excluding ortho intramolecular Hbond substituents is 2. The van der Waals surface area contributed by atoms with Crippen molar-refractivity contribution in [2.24, 2.45) is 0 Å². The summed E-state index contributed by atoms with van der Waals surface area (Å²) in [5.41, 5.74) is 2.75. The number of sulfonamides is 1. The predicted molar refractivity (Wildman–Crippen MR) is 142 cm³/mol. The molecule has 4 rings (SSSR count). The molecule has 34 heavy (non-hydrogen) atoms. The smallest absolute Gasteiger partial charge is 0.261 e. The molecule has 0 unspecified atom stereocenters. The minimum absolute atomic E-state index is 0.00673. The molecule has 0 saturated carbocycles. The summed E-state index contributed by atoms with van der Waals surface area (Å²) < 4.78 is 29.7. The van der Waals surface area contributed by atoms with Crippen molar-refractivity contribution in [3.63, 3.8) is 0 Å². The van der Waals surface area contributed by atoms with E-state index in [0.29, 0.717) is 32.1 Å². The zero-order chi connectivity index (χ0) is 24.5. The van der Waals surface area contributed by atoms with Crippen LogP contribution >= 0.6 is 15.9 Å². The molecule has 7 heteroatoms. The lowest BCUT2D eigenvalue weighted by Crippen LogP contribution is -2.13. The molecule has 174 valence electrons. The zero-order valence-corrected chi connectivity index (χ0v) is 21.1. The first-order valence-corrected chi connectivity index (χ1v) is 13.0. The van der Waals surface area contributed by atoms with Crippen molar-refractivity contribution in [3.05, 3.63) is 88.4 Å². The normalized spacial score (nSPS) is 11.9. The fourth-order valence-corrected chi connectivity index (χ4v) is 5.59. The van der Waals surface area contributed by atoms with E-state index in [1.54, 1.807) is 48.5 Å². The van der Waals surface area contributed by atoms with Gasteiger partial charge in [-0.3, -0.25) is 4.72 Å². The second-order valence-corrected chi connectivity index (χ2v) is 10.5. The van der Waals surface area contributed by atoms with Crippen LogP contribution in [0.1, 0.15) is 24.5 Å². The van der Waals surface area contributed by atoms with Crippen LogP contribution in [0.4, 0.5) is 5.69 Å². The van der Waals surface area contributed by atoms with Crippen LogP contribution < -0.4 is 4.72 Å². The number of aryl methyl sites for hydroxylation is 1. The minimum atomic E-state index is -3.92. The number of hydrogen-bond donors (Lipinski definition) is 3. The lowest BCUT2D eigenvalue weighted by molar-refractivity contribution is 0.471. The lowest BCUT2D eigenvalue weighted by atomic mass is 9.91. The highest BCUT2D eigenvalue weighted by Gasteiger charge is 2.22. The fraction of sp³-hybridized carbons (Fsp3) is 0.111. The van der Waals surface area contributed by atoms with Gasteiger partial charge in [-0.15, -0.1) is 0 Å². The molecule has 4 aromatic carbocycles. The average molecular weight is 538 g/mol. The Morgan fingerprint density at radius 3 is 2.41 bits per heavy atom. The molecule has 0 aromatic heterocycles. The largest absolute Gasteiger partial charge is 0.507 e. The van der Waals surface area contributed by atoms with Crippen LogP contribution in [0.5, 0.6) is 11.5 Å². The molecule has 0 bridgehead atoms. The molecule has 0 heterocycles. The van der Waals surface area contributed by atoms with Gasteiger partial charge in [0.05, 0.1) is 10.6 Å². The van der Waals surface area contributed by atoms with Crippen LogP contribution in [0.2, 0.25) is 0 Å². The van der Waals surface area contributed by atoms with Gasteiger partial charge in [0.1, 0.15) is 11.5 Å². The zero-order valence-electron chi connectivity index (χ0n) is 18.7. The third-order valence-corrected chi connectivity index (χ3v) is 7.45. The summed E-state index contributed by atoms with van der Waals surface area (Å²) >= 11 is 3.32. The van der Waals surface area contributed by atoms with Crippen LogP contribution in [0.15, 0.2) is 82.2 Å². The molecule has 0 spiro atoms. The Balaban J connectivity index is 1.99. The highest BCUT2D eigenvalue weighted by Crippen LogP contribution is 2.46. The van der Waals surface area contributed by atoms with Gasteiger partial charge in [0.15, 0.2) is 0 Å². The van der Waals surface area contributed by atoms with Gasteiger partial charge in [-0.1, -0.05) is 71.4 Å². The fourth-order valence-electron chi connectivity index (χ4n) is 3.92. The molecule has 0 aliphatic heterocycles. The topological polar surface area (TPSA) is 86.6 Å². The predicted octanol–water partition coefficient (Wildman–Crippen LogP) is 7.21. The monoisotopic (exact) mass is 537 g/mol. The van der Waals surface area contributed by atoms with Crippen LogP contribution in [-0.2, 0) is 10.0 Å². The molecular weight excluding hydrogens is 514 g/mol. The summed E-state index contributed by atoms with van der Waals surface area (Å²) in [7, 11) is -3.92. The maximum absolute atomic E-state index is 13.2. The summed E-state index contributed by atoms with van der Waals surface area (Å²) in [5, 5.41) is 23.0. The first-order chi connectivity index (χ1) is 16.2. The van der Waals surface area contributed by atoms with Crippen molar-refractivity contribution >= 4 is 48.5 Å². The first kappa shape index (κ1) is 23.9. The van der Waals surface area contributed by atoms with E-state index in [9.17, 15) is 18.6 Å². The van der Waals surface area contributed by atoms with Crippen LogP contribution in [-0.4, -0.2) is 18.6 Å². The molecule has 4 aromatic rings. The number of rotatable bonds is 6. The second kappa shape index (κ2) is 9.52. The molecule has 0 radical (unpaired) electrons. The number of aromatic hydroxyl groups is 2. The lowest BCUT2D eigenvalue weighted by Gasteiger charge is -2.18. The van der Waals surface area contributed by atoms with Crippen molar-refractivity contribution in [2.75, 3.05) is 4.72 Å². The Morgan fingerprint density at radius 2 is 1.71 bits per heavy atom. The van der Waals surface area contributed by atoms with Crippen LogP contribution in [0.3, 0.4) is 0 Å². The van der Waals surface area contributed by atoms with E-state index in [1.807, 2.05) is 32.1 Å². The van der Waals surface area contributed by atoms with Gasteiger partial charge >= 0.3 is 0 Å². The third kappa shape index (κ3) is 4.54. The number of benzene rings is 4. The van der Waals surface area contributed by atoms with Gasteiger partial charge in [-0.05, 0) is 54.8 Å². The van der Waals surface area contributed by atoms with Crippen molar-refractivity contribution < 1.29 is 18.6 Å². The SMILES string of the molecule is CC/C=C\c1c(C)ccc(O)c1-c1cc(NS(=O)(=O)c2cccc(Br)c2)c2ccccc2c1O. The molecule has 3 N–H and O–H groups in total. The Morgan fingerprint density at radius 1 is 0.971 bits per heavy atom. The van der Waals surface area contributed by atoms with E-state index in [0.717, 1.165) is 17.5 Å². The van der Waals surface area contributed by atoms with Gasteiger partial charge in [0.2, 0.25) is 0 Å². The Bertz CT molecular complexity index is 1530. The summed E-state index contributed by atoms with van der Waals surface area (Å²) in [6.07, 6.45) is 4.68. The molecular formula is C27H24BrNO4S. The van der Waals surface area contributed by atoms with Gasteiger partial charge in [-0.2, -0.15) is 0 Å². The van der Waals surface area contributed by atoms with Gasteiger partial charge in [0.25, 0.3) is 10.0 Å². The Hall–Kier alpha value is -3.29. The molecule has 0 aliphatic rings. The van der Waals surface area contributed by atoms with E-state index in [2.05, 4.69) is 20.7 Å². The number of nitrogens with one attached hydrogen (secondary N) is 1. The van der Waals surface area contributed by atoms with E-state index < -0.39 is 10.0 Å². The number of halogens is 1. The maximum atomic E-state index is 13.2. The Kier molecular flexibility index (Phi) is 6.68. The van der Waals surface area contributed by atoms with Crippen molar-refractivity contribution in [1.82, 2.24) is 0 Å². The summed E-state index contributed by atoms with van der Waals surface area (Å²) in [6, 6.07) is 18.4. The summed E-state index contributed by atoms with van der Waals surface area (Å²) in [5.74, 6) is -0.0409. The highest BCUT2D eigenvalue weighted by atomic mass is 79.9. The Labute approximate surface area is 207 Å². The molecule has 0 aliphatic carbocycles. The third-order valence-electron chi connectivity index (χ3n) is 5.60. The molecule has 0 fully saturated rings.